The van der Waals surface area contributed by atoms with Crippen molar-refractivity contribution in [3.63, 3.8) is 0 Å². The minimum absolute atomic E-state index is 0.0124. The zero-order valence-electron chi connectivity index (χ0n) is 18.3. The number of hydrogen-bond acceptors (Lipinski definition) is 5. The van der Waals surface area contributed by atoms with Gasteiger partial charge in [-0.3, -0.25) is 9.59 Å². The number of rotatable bonds is 7. The summed E-state index contributed by atoms with van der Waals surface area (Å²) in [5, 5.41) is 2.29. The monoisotopic (exact) mass is 505 g/mol. The average molecular weight is 506 g/mol. The first-order chi connectivity index (χ1) is 16.3. The van der Waals surface area contributed by atoms with Crippen molar-refractivity contribution in [1.29, 1.82) is 0 Å². The Morgan fingerprint density at radius 2 is 1.85 bits per heavy atom. The highest BCUT2D eigenvalue weighted by atomic mass is 35.5. The number of ether oxygens (including phenoxy) is 2. The molecule has 0 bridgehead atoms. The number of carbonyl (C=O) groups is 2. The van der Waals surface area contributed by atoms with Crippen LogP contribution in [0.5, 0.6) is 5.06 Å². The van der Waals surface area contributed by atoms with E-state index in [0.29, 0.717) is 30.1 Å². The van der Waals surface area contributed by atoms with Crippen LogP contribution in [0.4, 0.5) is 13.8 Å². The third-order valence-electron chi connectivity index (χ3n) is 5.43. The molecule has 2 heterocycles. The molecule has 34 heavy (non-hydrogen) atoms. The van der Waals surface area contributed by atoms with Crippen LogP contribution in [0.2, 0.25) is 0 Å². The van der Waals surface area contributed by atoms with Gasteiger partial charge in [-0.05, 0) is 37.5 Å². The number of alkyl halides is 1. The quantitative estimate of drug-likeness (QED) is 0.329. The Hall–Kier alpha value is -2.81. The highest BCUT2D eigenvalue weighted by Gasteiger charge is 2.32. The molecule has 5 nitrogen and oxygen atoms in total. The van der Waals surface area contributed by atoms with Gasteiger partial charge in [0.15, 0.2) is 5.06 Å². The third-order valence-corrected chi connectivity index (χ3v) is 6.69. The Balaban J connectivity index is 1.63. The second-order valence-electron chi connectivity index (χ2n) is 7.87. The zero-order chi connectivity index (χ0) is 24.2. The summed E-state index contributed by atoms with van der Waals surface area (Å²) in [5.41, 5.74) is 0.839. The number of halogens is 3. The number of carbonyl (C=O) groups excluding carboxylic acids is 2. The predicted molar refractivity (Wildman–Crippen MR) is 127 cm³/mol. The number of amides is 1. The van der Waals surface area contributed by atoms with Crippen LogP contribution in [0.25, 0.3) is 0 Å². The van der Waals surface area contributed by atoms with Crippen LogP contribution in [-0.4, -0.2) is 29.8 Å². The Labute approximate surface area is 204 Å². The molecule has 0 saturated heterocycles. The highest BCUT2D eigenvalue weighted by molar-refractivity contribution is 7.18. The molecule has 0 aliphatic carbocycles. The minimum atomic E-state index is -0.980. The van der Waals surface area contributed by atoms with Crippen molar-refractivity contribution in [3.05, 3.63) is 82.4 Å². The van der Waals surface area contributed by atoms with Gasteiger partial charge in [-0.1, -0.05) is 47.7 Å². The smallest absolute Gasteiger partial charge is 0.242 e. The lowest BCUT2D eigenvalue weighted by atomic mass is 9.97. The SMILES string of the molecule is C[C@H](Cl)C(=O)Nc1sc2c(c1C(=O)c1c(F)cccc1F)CCC(OCc1ccccc1)CO2. The molecule has 2 atom stereocenters. The maximum absolute atomic E-state index is 14.4. The van der Waals surface area contributed by atoms with E-state index in [1.165, 1.54) is 13.0 Å². The predicted octanol–water partition coefficient (Wildman–Crippen LogP) is 5.73. The van der Waals surface area contributed by atoms with Crippen LogP contribution in [0.15, 0.2) is 48.5 Å². The van der Waals surface area contributed by atoms with E-state index in [-0.39, 0.29) is 23.3 Å². The molecule has 0 fully saturated rings. The number of fused-ring (bicyclic) bond motifs is 1. The topological polar surface area (TPSA) is 64.6 Å². The number of ketones is 1. The Kier molecular flexibility index (Phi) is 7.60. The molecule has 0 radical (unpaired) electrons. The van der Waals surface area contributed by atoms with Crippen molar-refractivity contribution in [2.75, 3.05) is 11.9 Å². The fraction of sp³-hybridized carbons (Fsp3) is 0.280. The van der Waals surface area contributed by atoms with Crippen LogP contribution in [0.1, 0.15) is 40.4 Å². The van der Waals surface area contributed by atoms with Gasteiger partial charge in [-0.2, -0.15) is 0 Å². The summed E-state index contributed by atoms with van der Waals surface area (Å²) in [6.07, 6.45) is 0.652. The van der Waals surface area contributed by atoms with Crippen LogP contribution in [0.3, 0.4) is 0 Å². The van der Waals surface area contributed by atoms with E-state index >= 15 is 0 Å². The molecule has 1 aliphatic rings. The molecule has 1 N–H and O–H groups in total. The van der Waals surface area contributed by atoms with E-state index in [2.05, 4.69) is 5.32 Å². The van der Waals surface area contributed by atoms with E-state index in [1.54, 1.807) is 0 Å². The van der Waals surface area contributed by atoms with Gasteiger partial charge < -0.3 is 14.8 Å². The van der Waals surface area contributed by atoms with E-state index in [9.17, 15) is 18.4 Å². The number of benzene rings is 2. The lowest BCUT2D eigenvalue weighted by Crippen LogP contribution is -2.22. The summed E-state index contributed by atoms with van der Waals surface area (Å²) in [6, 6.07) is 12.9. The first-order valence-electron chi connectivity index (χ1n) is 10.7. The van der Waals surface area contributed by atoms with Crippen molar-refractivity contribution in [3.8, 4) is 5.06 Å². The van der Waals surface area contributed by atoms with Crippen molar-refractivity contribution in [2.24, 2.45) is 0 Å². The largest absolute Gasteiger partial charge is 0.481 e. The molecule has 1 amide bonds. The first-order valence-corrected chi connectivity index (χ1v) is 12.0. The van der Waals surface area contributed by atoms with E-state index in [1.807, 2.05) is 30.3 Å². The molecule has 1 unspecified atom stereocenters. The van der Waals surface area contributed by atoms with Gasteiger partial charge in [0.2, 0.25) is 11.7 Å². The van der Waals surface area contributed by atoms with Crippen LogP contribution in [-0.2, 0) is 22.6 Å². The lowest BCUT2D eigenvalue weighted by Gasteiger charge is -2.15. The van der Waals surface area contributed by atoms with Crippen molar-refractivity contribution in [2.45, 2.75) is 37.9 Å². The fourth-order valence-corrected chi connectivity index (χ4v) is 4.81. The number of hydrogen-bond donors (Lipinski definition) is 1. The summed E-state index contributed by atoms with van der Waals surface area (Å²) in [4.78, 5) is 25.6. The fourth-order valence-electron chi connectivity index (χ4n) is 3.64. The molecule has 4 rings (SSSR count). The van der Waals surface area contributed by atoms with Crippen molar-refractivity contribution >= 4 is 39.6 Å². The van der Waals surface area contributed by atoms with E-state index in [4.69, 9.17) is 21.1 Å². The zero-order valence-corrected chi connectivity index (χ0v) is 19.8. The average Bonchev–Trinajstić information content (AvgIpc) is 3.03. The highest BCUT2D eigenvalue weighted by Crippen LogP contribution is 2.43. The summed E-state index contributed by atoms with van der Waals surface area (Å²) in [5.74, 6) is -3.36. The molecule has 0 spiro atoms. The molecule has 2 aromatic carbocycles. The Bertz CT molecular complexity index is 1180. The van der Waals surface area contributed by atoms with Gasteiger partial charge in [0, 0.05) is 5.56 Å². The van der Waals surface area contributed by atoms with Crippen molar-refractivity contribution in [1.82, 2.24) is 0 Å². The summed E-state index contributed by atoms with van der Waals surface area (Å²) >= 11 is 6.91. The molecular formula is C25H22ClF2NO4S. The lowest BCUT2D eigenvalue weighted by molar-refractivity contribution is -0.115. The van der Waals surface area contributed by atoms with Gasteiger partial charge in [-0.25, -0.2) is 8.78 Å². The summed E-state index contributed by atoms with van der Waals surface area (Å²) < 4.78 is 40.8. The molecule has 178 valence electrons. The van der Waals surface area contributed by atoms with Gasteiger partial charge in [-0.15, -0.1) is 11.6 Å². The Morgan fingerprint density at radius 3 is 2.53 bits per heavy atom. The molecular weight excluding hydrogens is 484 g/mol. The maximum Gasteiger partial charge on any atom is 0.242 e. The number of anilines is 1. The van der Waals surface area contributed by atoms with Crippen LogP contribution in [0, 0.1) is 11.6 Å². The molecule has 1 aliphatic heterocycles. The second-order valence-corrected chi connectivity index (χ2v) is 9.51. The number of nitrogens with one attached hydrogen (secondary N) is 1. The summed E-state index contributed by atoms with van der Waals surface area (Å²) in [6.45, 7) is 2.13. The minimum Gasteiger partial charge on any atom is -0.481 e. The van der Waals surface area contributed by atoms with Gasteiger partial charge in [0.05, 0.1) is 23.8 Å². The molecule has 0 saturated carbocycles. The molecule has 9 heteroatoms. The maximum atomic E-state index is 14.4. The number of thiophene rings is 1. The van der Waals surface area contributed by atoms with Gasteiger partial charge in [0.25, 0.3) is 0 Å². The first kappa shape index (κ1) is 24.3. The van der Waals surface area contributed by atoms with Crippen LogP contribution < -0.4 is 10.1 Å². The van der Waals surface area contributed by atoms with Gasteiger partial charge in [0.1, 0.15) is 28.6 Å². The van der Waals surface area contributed by atoms with E-state index < -0.39 is 34.3 Å². The molecule has 1 aromatic heterocycles. The normalized spacial score (nSPS) is 16.2. The van der Waals surface area contributed by atoms with Gasteiger partial charge >= 0.3 is 0 Å². The second kappa shape index (κ2) is 10.6. The van der Waals surface area contributed by atoms with Crippen LogP contribution >= 0.6 is 22.9 Å². The summed E-state index contributed by atoms with van der Waals surface area (Å²) in [7, 11) is 0. The Morgan fingerprint density at radius 1 is 1.15 bits per heavy atom. The standard InChI is InChI=1S/C25H22ClF2NO4S/c1-14(26)23(31)29-24-20(22(30)21-18(27)8-5-9-19(21)28)17-11-10-16(13-33-25(17)34-24)32-12-15-6-3-2-4-7-15/h2-9,14,16H,10-13H2,1H3,(H,29,31)/t14-,16?/m0/s1. The van der Waals surface area contributed by atoms with E-state index in [0.717, 1.165) is 29.0 Å². The van der Waals surface area contributed by atoms with Crippen molar-refractivity contribution < 1.29 is 27.8 Å². The third kappa shape index (κ3) is 5.29. The molecule has 3 aromatic rings.